The van der Waals surface area contributed by atoms with Crippen molar-refractivity contribution in [2.24, 2.45) is 0 Å². The molecule has 1 aliphatic rings. The summed E-state index contributed by atoms with van der Waals surface area (Å²) < 4.78 is 1.89. The molecule has 0 bridgehead atoms. The van der Waals surface area contributed by atoms with Crippen molar-refractivity contribution in [3.05, 3.63) is 24.0 Å². The van der Waals surface area contributed by atoms with Gasteiger partial charge in [0, 0.05) is 12.6 Å². The van der Waals surface area contributed by atoms with Crippen molar-refractivity contribution in [2.75, 3.05) is 18.1 Å². The fourth-order valence-corrected chi connectivity index (χ4v) is 3.22. The molecule has 20 heavy (non-hydrogen) atoms. The number of nitrogens with zero attached hydrogens (tertiary/aromatic N) is 4. The zero-order chi connectivity index (χ0) is 13.9. The van der Waals surface area contributed by atoms with Crippen molar-refractivity contribution < 1.29 is 5.11 Å². The van der Waals surface area contributed by atoms with E-state index in [1.165, 1.54) is 37.7 Å². The second kappa shape index (κ2) is 5.79. The Morgan fingerprint density at radius 3 is 2.85 bits per heavy atom. The van der Waals surface area contributed by atoms with Crippen LogP contribution in [0.15, 0.2) is 18.5 Å². The summed E-state index contributed by atoms with van der Waals surface area (Å²) in [7, 11) is 0. The number of pyridine rings is 1. The van der Waals surface area contributed by atoms with Crippen LogP contribution in [-0.2, 0) is 0 Å². The maximum atomic E-state index is 9.43. The van der Waals surface area contributed by atoms with Gasteiger partial charge in [-0.2, -0.15) is 9.61 Å². The Bertz CT molecular complexity index is 574. The average Bonchev–Trinajstić information content (AvgIpc) is 2.93. The Kier molecular flexibility index (Phi) is 3.87. The third-order valence-corrected chi connectivity index (χ3v) is 4.16. The molecule has 0 aliphatic heterocycles. The maximum Gasteiger partial charge on any atom is 0.157 e. The van der Waals surface area contributed by atoms with Gasteiger partial charge in [-0.05, 0) is 37.5 Å². The van der Waals surface area contributed by atoms with Gasteiger partial charge in [0.25, 0.3) is 0 Å². The standard InChI is InChI=1S/C15H22N4O/c1-12-9-14-16-11-17-19(14)15(10-12)18(7-8-20)13-5-3-2-4-6-13/h9-11,13,20H,2-8H2,1H3. The summed E-state index contributed by atoms with van der Waals surface area (Å²) >= 11 is 0. The average molecular weight is 274 g/mol. The lowest BCUT2D eigenvalue weighted by Crippen LogP contribution is -2.40. The molecule has 0 atom stereocenters. The lowest BCUT2D eigenvalue weighted by Gasteiger charge is -2.35. The van der Waals surface area contributed by atoms with Crippen molar-refractivity contribution in [1.29, 1.82) is 0 Å². The molecule has 108 valence electrons. The first-order valence-electron chi connectivity index (χ1n) is 7.47. The predicted octanol–water partition coefficient (Wildman–Crippen LogP) is 2.17. The summed E-state index contributed by atoms with van der Waals surface area (Å²) in [6, 6.07) is 4.69. The quantitative estimate of drug-likeness (QED) is 0.928. The number of aliphatic hydroxyl groups is 1. The molecular formula is C15H22N4O. The summed E-state index contributed by atoms with van der Waals surface area (Å²) in [5.41, 5.74) is 2.05. The van der Waals surface area contributed by atoms with Gasteiger partial charge in [-0.15, -0.1) is 0 Å². The predicted molar refractivity (Wildman–Crippen MR) is 79.0 cm³/mol. The van der Waals surface area contributed by atoms with Crippen LogP contribution in [0.3, 0.4) is 0 Å². The molecule has 1 saturated carbocycles. The molecule has 0 aromatic carbocycles. The molecule has 2 aromatic rings. The van der Waals surface area contributed by atoms with Gasteiger partial charge >= 0.3 is 0 Å². The number of aliphatic hydroxyl groups excluding tert-OH is 1. The van der Waals surface area contributed by atoms with Gasteiger partial charge in [0.05, 0.1) is 6.61 Å². The van der Waals surface area contributed by atoms with Gasteiger partial charge in [-0.1, -0.05) is 19.3 Å². The smallest absolute Gasteiger partial charge is 0.157 e. The highest BCUT2D eigenvalue weighted by Gasteiger charge is 2.23. The van der Waals surface area contributed by atoms with Gasteiger partial charge in [0.1, 0.15) is 12.1 Å². The highest BCUT2D eigenvalue weighted by molar-refractivity contribution is 5.53. The Balaban J connectivity index is 2.01. The monoisotopic (exact) mass is 274 g/mol. The van der Waals surface area contributed by atoms with Crippen LogP contribution in [0.25, 0.3) is 5.65 Å². The van der Waals surface area contributed by atoms with Gasteiger partial charge < -0.3 is 10.0 Å². The highest BCUT2D eigenvalue weighted by Crippen LogP contribution is 2.28. The van der Waals surface area contributed by atoms with E-state index in [0.29, 0.717) is 12.6 Å². The third-order valence-electron chi connectivity index (χ3n) is 4.16. The van der Waals surface area contributed by atoms with E-state index in [4.69, 9.17) is 0 Å². The minimum absolute atomic E-state index is 0.167. The lowest BCUT2D eigenvalue weighted by molar-refractivity contribution is 0.289. The number of aromatic nitrogens is 3. The van der Waals surface area contributed by atoms with E-state index in [1.54, 1.807) is 6.33 Å². The Morgan fingerprint density at radius 1 is 1.30 bits per heavy atom. The second-order valence-corrected chi connectivity index (χ2v) is 5.63. The van der Waals surface area contributed by atoms with E-state index in [0.717, 1.165) is 11.5 Å². The molecule has 1 fully saturated rings. The van der Waals surface area contributed by atoms with E-state index in [1.807, 2.05) is 10.6 Å². The van der Waals surface area contributed by atoms with E-state index in [2.05, 4.69) is 28.0 Å². The molecule has 0 saturated heterocycles. The molecule has 2 heterocycles. The van der Waals surface area contributed by atoms with Gasteiger partial charge in [-0.25, -0.2) is 4.98 Å². The molecule has 3 rings (SSSR count). The van der Waals surface area contributed by atoms with Crippen LogP contribution < -0.4 is 4.90 Å². The zero-order valence-electron chi connectivity index (χ0n) is 12.0. The number of anilines is 1. The van der Waals surface area contributed by atoms with Crippen LogP contribution in [0.5, 0.6) is 0 Å². The van der Waals surface area contributed by atoms with Crippen molar-refractivity contribution in [3.8, 4) is 0 Å². The number of hydrogen-bond donors (Lipinski definition) is 1. The van der Waals surface area contributed by atoms with E-state index in [9.17, 15) is 5.11 Å². The fourth-order valence-electron chi connectivity index (χ4n) is 3.22. The number of hydrogen-bond acceptors (Lipinski definition) is 4. The molecular weight excluding hydrogens is 252 g/mol. The van der Waals surface area contributed by atoms with E-state index < -0.39 is 0 Å². The minimum Gasteiger partial charge on any atom is -0.395 e. The molecule has 0 radical (unpaired) electrons. The first kappa shape index (κ1) is 13.4. The number of fused-ring (bicyclic) bond motifs is 1. The summed E-state index contributed by atoms with van der Waals surface area (Å²) in [5, 5.41) is 13.8. The van der Waals surface area contributed by atoms with Crippen LogP contribution in [0, 0.1) is 6.92 Å². The van der Waals surface area contributed by atoms with E-state index >= 15 is 0 Å². The van der Waals surface area contributed by atoms with Gasteiger partial charge in [0.2, 0.25) is 0 Å². The lowest BCUT2D eigenvalue weighted by atomic mass is 9.94. The Labute approximate surface area is 119 Å². The second-order valence-electron chi connectivity index (χ2n) is 5.63. The molecule has 0 amide bonds. The largest absolute Gasteiger partial charge is 0.395 e. The van der Waals surface area contributed by atoms with Crippen LogP contribution >= 0.6 is 0 Å². The van der Waals surface area contributed by atoms with E-state index in [-0.39, 0.29) is 6.61 Å². The summed E-state index contributed by atoms with van der Waals surface area (Å²) in [4.78, 5) is 6.60. The molecule has 0 unspecified atom stereocenters. The number of aryl methyl sites for hydroxylation is 1. The van der Waals surface area contributed by atoms with Crippen molar-refractivity contribution in [3.63, 3.8) is 0 Å². The van der Waals surface area contributed by atoms with Gasteiger partial charge in [0.15, 0.2) is 5.65 Å². The SMILES string of the molecule is Cc1cc(N(CCO)C2CCCCC2)n2ncnc2c1. The first-order chi connectivity index (χ1) is 9.79. The maximum absolute atomic E-state index is 9.43. The molecule has 1 aliphatic carbocycles. The zero-order valence-corrected chi connectivity index (χ0v) is 12.0. The molecule has 5 heteroatoms. The van der Waals surface area contributed by atoms with Crippen LogP contribution in [-0.4, -0.2) is 38.9 Å². The summed E-state index contributed by atoms with van der Waals surface area (Å²) in [6.45, 7) is 2.90. The normalized spacial score (nSPS) is 16.7. The molecule has 5 nitrogen and oxygen atoms in total. The van der Waals surface area contributed by atoms with Crippen LogP contribution in [0.1, 0.15) is 37.7 Å². The summed E-state index contributed by atoms with van der Waals surface area (Å²) in [6.07, 6.45) is 7.87. The van der Waals surface area contributed by atoms with Crippen molar-refractivity contribution in [1.82, 2.24) is 14.6 Å². The molecule has 2 aromatic heterocycles. The van der Waals surface area contributed by atoms with Crippen LogP contribution in [0.4, 0.5) is 5.82 Å². The Hall–Kier alpha value is -1.62. The van der Waals surface area contributed by atoms with Crippen molar-refractivity contribution >= 4 is 11.5 Å². The topological polar surface area (TPSA) is 53.7 Å². The third kappa shape index (κ3) is 2.50. The first-order valence-corrected chi connectivity index (χ1v) is 7.47. The van der Waals surface area contributed by atoms with Gasteiger partial charge in [-0.3, -0.25) is 0 Å². The summed E-state index contributed by atoms with van der Waals surface area (Å²) in [5.74, 6) is 1.05. The number of rotatable bonds is 4. The minimum atomic E-state index is 0.167. The van der Waals surface area contributed by atoms with Crippen LogP contribution in [0.2, 0.25) is 0 Å². The fraction of sp³-hybridized carbons (Fsp3) is 0.600. The molecule has 1 N–H and O–H groups in total. The molecule has 0 spiro atoms. The van der Waals surface area contributed by atoms with Crippen molar-refractivity contribution in [2.45, 2.75) is 45.1 Å². The highest BCUT2D eigenvalue weighted by atomic mass is 16.3. The Morgan fingerprint density at radius 2 is 2.10 bits per heavy atom.